The zero-order valence-electron chi connectivity index (χ0n) is 26.6. The zero-order valence-corrected chi connectivity index (χ0v) is 27.4. The molecule has 0 aliphatic carbocycles. The molecule has 0 aliphatic rings. The van der Waals surface area contributed by atoms with E-state index in [4.69, 9.17) is 4.98 Å². The van der Waals surface area contributed by atoms with Crippen LogP contribution in [-0.4, -0.2) is 48.3 Å². The third kappa shape index (κ3) is 7.37. The van der Waals surface area contributed by atoms with Crippen LogP contribution in [0.1, 0.15) is 71.6 Å². The number of aryl methyl sites for hydroxylation is 1. The maximum atomic E-state index is 13.2. The number of sulfonamides is 1. The average molecular weight is 637 g/mol. The SMILES string of the molecule is CCCCc1nc2ccc(C(=O)N(C)CCCC)cc2n1Cc1ccc(-c2ccccc2C(=O)NS(=O)(=O)c2ccccc2)cc1. The fourth-order valence-electron chi connectivity index (χ4n) is 5.47. The highest BCUT2D eigenvalue weighted by atomic mass is 32.2. The molecule has 8 nitrogen and oxygen atoms in total. The normalized spacial score (nSPS) is 11.5. The number of carbonyl (C=O) groups excluding carboxylic acids is 2. The van der Waals surface area contributed by atoms with E-state index in [9.17, 15) is 18.0 Å². The van der Waals surface area contributed by atoms with Crippen LogP contribution < -0.4 is 4.72 Å². The molecule has 0 saturated heterocycles. The van der Waals surface area contributed by atoms with Crippen molar-refractivity contribution in [3.63, 3.8) is 0 Å². The van der Waals surface area contributed by atoms with Crippen LogP contribution in [0.25, 0.3) is 22.2 Å². The lowest BCUT2D eigenvalue weighted by Crippen LogP contribution is -2.30. The molecule has 0 fully saturated rings. The van der Waals surface area contributed by atoms with Gasteiger partial charge in [-0.15, -0.1) is 0 Å². The smallest absolute Gasteiger partial charge is 0.265 e. The van der Waals surface area contributed by atoms with Crippen LogP contribution in [0.5, 0.6) is 0 Å². The molecule has 4 aromatic carbocycles. The van der Waals surface area contributed by atoms with Gasteiger partial charge in [0.1, 0.15) is 5.82 Å². The van der Waals surface area contributed by atoms with Crippen LogP contribution in [0, 0.1) is 0 Å². The number of benzene rings is 4. The number of aromatic nitrogens is 2. The highest BCUT2D eigenvalue weighted by molar-refractivity contribution is 7.90. The van der Waals surface area contributed by atoms with E-state index >= 15 is 0 Å². The number of hydrogen-bond acceptors (Lipinski definition) is 5. The van der Waals surface area contributed by atoms with Crippen molar-refractivity contribution in [3.05, 3.63) is 120 Å². The molecule has 0 radical (unpaired) electrons. The molecule has 1 aromatic heterocycles. The molecule has 0 unspecified atom stereocenters. The van der Waals surface area contributed by atoms with Gasteiger partial charge in [-0.05, 0) is 65.9 Å². The van der Waals surface area contributed by atoms with E-state index in [2.05, 4.69) is 23.1 Å². The van der Waals surface area contributed by atoms with Gasteiger partial charge in [-0.25, -0.2) is 18.1 Å². The first kappa shape index (κ1) is 32.6. The molecule has 0 aliphatic heterocycles. The Kier molecular flexibility index (Phi) is 10.3. The molecule has 9 heteroatoms. The predicted molar refractivity (Wildman–Crippen MR) is 182 cm³/mol. The monoisotopic (exact) mass is 636 g/mol. The Balaban J connectivity index is 1.42. The molecule has 5 aromatic rings. The quantitative estimate of drug-likeness (QED) is 0.149. The lowest BCUT2D eigenvalue weighted by atomic mass is 9.98. The number of imidazole rings is 1. The van der Waals surface area contributed by atoms with Crippen molar-refractivity contribution in [3.8, 4) is 11.1 Å². The van der Waals surface area contributed by atoms with Gasteiger partial charge in [0.25, 0.3) is 21.8 Å². The summed E-state index contributed by atoms with van der Waals surface area (Å²) in [5.41, 5.74) is 5.14. The van der Waals surface area contributed by atoms with Gasteiger partial charge in [-0.3, -0.25) is 9.59 Å². The number of unbranched alkanes of at least 4 members (excludes halogenated alkanes) is 2. The number of rotatable bonds is 13. The van der Waals surface area contributed by atoms with E-state index in [0.717, 1.165) is 60.1 Å². The summed E-state index contributed by atoms with van der Waals surface area (Å²) < 4.78 is 30.0. The van der Waals surface area contributed by atoms with Gasteiger partial charge in [0, 0.05) is 37.7 Å². The summed E-state index contributed by atoms with van der Waals surface area (Å²) in [6.07, 6.45) is 4.87. The Labute approximate surface area is 271 Å². The van der Waals surface area contributed by atoms with Crippen molar-refractivity contribution < 1.29 is 18.0 Å². The Bertz CT molecular complexity index is 1930. The Hall–Kier alpha value is -4.76. The highest BCUT2D eigenvalue weighted by Gasteiger charge is 2.21. The summed E-state index contributed by atoms with van der Waals surface area (Å²) >= 11 is 0. The number of nitrogens with one attached hydrogen (secondary N) is 1. The molecule has 238 valence electrons. The van der Waals surface area contributed by atoms with Crippen molar-refractivity contribution in [2.45, 2.75) is 57.4 Å². The largest absolute Gasteiger partial charge is 0.342 e. The predicted octanol–water partition coefficient (Wildman–Crippen LogP) is 7.09. The van der Waals surface area contributed by atoms with Gasteiger partial charge in [0.15, 0.2) is 0 Å². The second-order valence-corrected chi connectivity index (χ2v) is 13.2. The maximum Gasteiger partial charge on any atom is 0.265 e. The summed E-state index contributed by atoms with van der Waals surface area (Å²) in [4.78, 5) is 33.1. The molecule has 5 rings (SSSR count). The maximum absolute atomic E-state index is 13.2. The van der Waals surface area contributed by atoms with Crippen LogP contribution in [0.2, 0.25) is 0 Å². The van der Waals surface area contributed by atoms with E-state index < -0.39 is 15.9 Å². The van der Waals surface area contributed by atoms with Crippen LogP contribution in [0.4, 0.5) is 0 Å². The van der Waals surface area contributed by atoms with Gasteiger partial charge < -0.3 is 9.47 Å². The molecule has 1 N–H and O–H groups in total. The minimum Gasteiger partial charge on any atom is -0.342 e. The molecule has 0 atom stereocenters. The first-order valence-electron chi connectivity index (χ1n) is 15.8. The van der Waals surface area contributed by atoms with Crippen LogP contribution in [0.3, 0.4) is 0 Å². The van der Waals surface area contributed by atoms with E-state index in [1.165, 1.54) is 12.1 Å². The second-order valence-electron chi connectivity index (χ2n) is 11.5. The number of carbonyl (C=O) groups is 2. The van der Waals surface area contributed by atoms with Gasteiger partial charge in [-0.1, -0.05) is 87.4 Å². The zero-order chi connectivity index (χ0) is 32.7. The lowest BCUT2D eigenvalue weighted by molar-refractivity contribution is 0.0793. The number of fused-ring (bicyclic) bond motifs is 1. The third-order valence-corrected chi connectivity index (χ3v) is 9.43. The summed E-state index contributed by atoms with van der Waals surface area (Å²) in [5.74, 6) is 0.285. The van der Waals surface area contributed by atoms with Gasteiger partial charge in [0.05, 0.1) is 15.9 Å². The topological polar surface area (TPSA) is 101 Å². The molecule has 0 bridgehead atoms. The summed E-state index contributed by atoms with van der Waals surface area (Å²) in [6.45, 7) is 5.55. The molecule has 2 amide bonds. The van der Waals surface area contributed by atoms with Crippen LogP contribution >= 0.6 is 0 Å². The summed E-state index contributed by atoms with van der Waals surface area (Å²) in [5, 5.41) is 0. The first-order valence-corrected chi connectivity index (χ1v) is 17.2. The standard InChI is InChI=1S/C37H40N4O4S/c1-4-6-17-35-38-33-23-22-29(37(43)40(3)24-7-5-2)25-34(33)41(35)26-27-18-20-28(21-19-27)31-15-11-12-16-32(31)36(42)39-46(44,45)30-13-9-8-10-14-30/h8-16,18-23,25H,4-7,17,24,26H2,1-3H3,(H,39,42). The number of nitrogens with zero attached hydrogens (tertiary/aromatic N) is 3. The van der Waals surface area contributed by atoms with Crippen LogP contribution in [0.15, 0.2) is 102 Å². The minimum absolute atomic E-state index is 0.00170. The number of amides is 2. The third-order valence-electron chi connectivity index (χ3n) is 8.08. The Morgan fingerprint density at radius 3 is 2.26 bits per heavy atom. The van der Waals surface area contributed by atoms with E-state index in [0.29, 0.717) is 24.2 Å². The van der Waals surface area contributed by atoms with E-state index in [-0.39, 0.29) is 16.4 Å². The van der Waals surface area contributed by atoms with E-state index in [1.807, 2.05) is 55.6 Å². The van der Waals surface area contributed by atoms with Crippen molar-refractivity contribution in [1.29, 1.82) is 0 Å². The molecular formula is C37H40N4O4S. The van der Waals surface area contributed by atoms with Crippen molar-refractivity contribution in [2.24, 2.45) is 0 Å². The summed E-state index contributed by atoms with van der Waals surface area (Å²) in [7, 11) is -2.18. The van der Waals surface area contributed by atoms with Crippen molar-refractivity contribution in [1.82, 2.24) is 19.2 Å². The molecule has 1 heterocycles. The fraction of sp³-hybridized carbons (Fsp3) is 0.270. The van der Waals surface area contributed by atoms with Crippen LogP contribution in [-0.2, 0) is 23.0 Å². The minimum atomic E-state index is -4.02. The van der Waals surface area contributed by atoms with E-state index in [1.54, 1.807) is 41.3 Å². The lowest BCUT2D eigenvalue weighted by Gasteiger charge is -2.17. The molecular weight excluding hydrogens is 596 g/mol. The van der Waals surface area contributed by atoms with Gasteiger partial charge in [-0.2, -0.15) is 0 Å². The van der Waals surface area contributed by atoms with Crippen molar-refractivity contribution in [2.75, 3.05) is 13.6 Å². The molecule has 0 saturated carbocycles. The highest BCUT2D eigenvalue weighted by Crippen LogP contribution is 2.27. The van der Waals surface area contributed by atoms with Crippen molar-refractivity contribution >= 4 is 32.9 Å². The molecule has 0 spiro atoms. The summed E-state index contributed by atoms with van der Waals surface area (Å²) in [6, 6.07) is 28.4. The average Bonchev–Trinajstić information content (AvgIpc) is 3.42. The Morgan fingerprint density at radius 1 is 0.848 bits per heavy atom. The Morgan fingerprint density at radius 2 is 1.54 bits per heavy atom. The fourth-order valence-corrected chi connectivity index (χ4v) is 6.45. The number of hydrogen-bond donors (Lipinski definition) is 1. The van der Waals surface area contributed by atoms with Gasteiger partial charge in [0.2, 0.25) is 0 Å². The first-order chi connectivity index (χ1) is 22.2. The molecule has 46 heavy (non-hydrogen) atoms. The second kappa shape index (κ2) is 14.6. The van der Waals surface area contributed by atoms with Gasteiger partial charge >= 0.3 is 0 Å².